The van der Waals surface area contributed by atoms with E-state index in [1.807, 2.05) is 4.90 Å². The van der Waals surface area contributed by atoms with E-state index in [4.69, 9.17) is 5.11 Å². The number of hydrogen-bond acceptors (Lipinski definition) is 4. The number of nitrogens with zero attached hydrogens (tertiary/aromatic N) is 2. The first kappa shape index (κ1) is 15.9. The van der Waals surface area contributed by atoms with Crippen LogP contribution < -0.4 is 0 Å². The maximum absolute atomic E-state index is 12.6. The van der Waals surface area contributed by atoms with E-state index in [1.165, 1.54) is 11.3 Å². The summed E-state index contributed by atoms with van der Waals surface area (Å²) in [7, 11) is 0. The van der Waals surface area contributed by atoms with Crippen LogP contribution in [0, 0.1) is 5.92 Å². The van der Waals surface area contributed by atoms with Gasteiger partial charge in [-0.15, -0.1) is 11.3 Å². The lowest BCUT2D eigenvalue weighted by Gasteiger charge is -2.31. The van der Waals surface area contributed by atoms with E-state index in [0.717, 1.165) is 23.4 Å². The number of rotatable bonds is 3. The smallest absolute Gasteiger partial charge is 0.303 e. The van der Waals surface area contributed by atoms with Crippen LogP contribution in [0.2, 0.25) is 0 Å². The molecule has 0 spiro atoms. The molecule has 1 amide bonds. The molecule has 0 aromatic carbocycles. The van der Waals surface area contributed by atoms with Gasteiger partial charge in [-0.2, -0.15) is 0 Å². The molecular weight excluding hydrogens is 288 g/mol. The van der Waals surface area contributed by atoms with Gasteiger partial charge in [0.2, 0.25) is 0 Å². The summed E-state index contributed by atoms with van der Waals surface area (Å²) in [5.74, 6) is -0.524. The molecule has 21 heavy (non-hydrogen) atoms. The number of carbonyl (C=O) groups excluding carboxylic acids is 1. The molecule has 0 unspecified atom stereocenters. The van der Waals surface area contributed by atoms with Crippen molar-refractivity contribution in [2.45, 2.75) is 45.4 Å². The van der Waals surface area contributed by atoms with Crippen LogP contribution in [0.15, 0.2) is 5.51 Å². The van der Waals surface area contributed by atoms with E-state index >= 15 is 0 Å². The van der Waals surface area contributed by atoms with Gasteiger partial charge in [0.1, 0.15) is 4.88 Å². The van der Waals surface area contributed by atoms with Gasteiger partial charge in [-0.05, 0) is 18.8 Å². The zero-order chi connectivity index (χ0) is 15.6. The van der Waals surface area contributed by atoms with Gasteiger partial charge in [-0.1, -0.05) is 20.8 Å². The number of thiazole rings is 1. The predicted octanol–water partition coefficient (Wildman–Crippen LogP) is 2.77. The number of aromatic nitrogens is 1. The second-order valence-corrected chi connectivity index (χ2v) is 7.47. The Labute approximate surface area is 129 Å². The number of amides is 1. The van der Waals surface area contributed by atoms with Gasteiger partial charge in [0.25, 0.3) is 5.91 Å². The summed E-state index contributed by atoms with van der Waals surface area (Å²) in [5, 5.41) is 8.83. The molecule has 5 nitrogen and oxygen atoms in total. The summed E-state index contributed by atoms with van der Waals surface area (Å²) in [5.41, 5.74) is 2.43. The van der Waals surface area contributed by atoms with Gasteiger partial charge in [-0.25, -0.2) is 4.98 Å². The van der Waals surface area contributed by atoms with Crippen LogP contribution in [0.4, 0.5) is 0 Å². The minimum Gasteiger partial charge on any atom is -0.481 e. The van der Waals surface area contributed by atoms with E-state index in [9.17, 15) is 9.59 Å². The van der Waals surface area contributed by atoms with Crippen LogP contribution in [-0.2, 0) is 10.2 Å². The minimum absolute atomic E-state index is 0.0381. The molecule has 2 heterocycles. The standard InChI is InChI=1S/C15H22N2O3S/c1-15(2,3)13-12(21-9-16-13)14(20)17-6-4-10(5-7-17)8-11(18)19/h9-10H,4-8H2,1-3H3,(H,18,19). The zero-order valence-corrected chi connectivity index (χ0v) is 13.6. The molecule has 2 rings (SSSR count). The molecule has 1 saturated heterocycles. The Bertz CT molecular complexity index is 525. The lowest BCUT2D eigenvalue weighted by atomic mass is 9.90. The van der Waals surface area contributed by atoms with Crippen molar-refractivity contribution in [2.75, 3.05) is 13.1 Å². The summed E-state index contributed by atoms with van der Waals surface area (Å²) >= 11 is 1.39. The molecule has 0 radical (unpaired) electrons. The molecule has 0 saturated carbocycles. The highest BCUT2D eigenvalue weighted by Crippen LogP contribution is 2.29. The number of hydrogen-bond donors (Lipinski definition) is 1. The number of carboxylic acids is 1. The van der Waals surface area contributed by atoms with Crippen molar-refractivity contribution in [1.82, 2.24) is 9.88 Å². The lowest BCUT2D eigenvalue weighted by Crippen LogP contribution is -2.39. The molecule has 6 heteroatoms. The molecule has 1 N–H and O–H groups in total. The number of carbonyl (C=O) groups is 2. The number of carboxylic acid groups (broad SMARTS) is 1. The molecule has 1 aliphatic rings. The fourth-order valence-electron chi connectivity index (χ4n) is 2.66. The van der Waals surface area contributed by atoms with Crippen molar-refractivity contribution in [3.63, 3.8) is 0 Å². The first-order valence-electron chi connectivity index (χ1n) is 7.24. The normalized spacial score (nSPS) is 17.0. The monoisotopic (exact) mass is 310 g/mol. The summed E-state index contributed by atoms with van der Waals surface area (Å²) in [6.07, 6.45) is 1.74. The average molecular weight is 310 g/mol. The average Bonchev–Trinajstić information content (AvgIpc) is 2.87. The van der Waals surface area contributed by atoms with Crippen LogP contribution >= 0.6 is 11.3 Å². The van der Waals surface area contributed by atoms with E-state index in [1.54, 1.807) is 5.51 Å². The van der Waals surface area contributed by atoms with Crippen molar-refractivity contribution in [3.8, 4) is 0 Å². The van der Waals surface area contributed by atoms with Gasteiger partial charge in [0, 0.05) is 24.9 Å². The van der Waals surface area contributed by atoms with Crippen molar-refractivity contribution in [2.24, 2.45) is 5.92 Å². The Morgan fingerprint density at radius 2 is 2.00 bits per heavy atom. The molecule has 1 fully saturated rings. The number of likely N-dealkylation sites (tertiary alicyclic amines) is 1. The van der Waals surface area contributed by atoms with Crippen LogP contribution in [0.5, 0.6) is 0 Å². The third-order valence-corrected chi connectivity index (χ3v) is 4.65. The second kappa shape index (κ2) is 6.13. The van der Waals surface area contributed by atoms with Gasteiger partial charge in [0.15, 0.2) is 0 Å². The predicted molar refractivity (Wildman–Crippen MR) is 81.7 cm³/mol. The highest BCUT2D eigenvalue weighted by atomic mass is 32.1. The summed E-state index contributed by atoms with van der Waals surface area (Å²) in [4.78, 5) is 30.3. The minimum atomic E-state index is -0.753. The molecule has 1 aromatic rings. The molecule has 1 aromatic heterocycles. The third kappa shape index (κ3) is 3.81. The third-order valence-electron chi connectivity index (χ3n) is 3.84. The summed E-state index contributed by atoms with van der Waals surface area (Å²) in [6.45, 7) is 7.43. The summed E-state index contributed by atoms with van der Waals surface area (Å²) in [6, 6.07) is 0. The first-order valence-corrected chi connectivity index (χ1v) is 8.12. The fourth-order valence-corrected chi connectivity index (χ4v) is 3.63. The van der Waals surface area contributed by atoms with E-state index in [-0.39, 0.29) is 23.7 Å². The van der Waals surface area contributed by atoms with E-state index in [0.29, 0.717) is 13.1 Å². The van der Waals surface area contributed by atoms with Crippen molar-refractivity contribution >= 4 is 23.2 Å². The highest BCUT2D eigenvalue weighted by Gasteiger charge is 2.30. The maximum atomic E-state index is 12.6. The van der Waals surface area contributed by atoms with Crippen molar-refractivity contribution < 1.29 is 14.7 Å². The Morgan fingerprint density at radius 1 is 1.38 bits per heavy atom. The zero-order valence-electron chi connectivity index (χ0n) is 12.8. The van der Waals surface area contributed by atoms with Crippen molar-refractivity contribution in [3.05, 3.63) is 16.1 Å². The first-order chi connectivity index (χ1) is 9.79. The molecule has 0 atom stereocenters. The van der Waals surface area contributed by atoms with E-state index < -0.39 is 5.97 Å². The van der Waals surface area contributed by atoms with Crippen molar-refractivity contribution in [1.29, 1.82) is 0 Å². The van der Waals surface area contributed by atoms with Crippen LogP contribution in [0.1, 0.15) is 55.4 Å². The highest BCUT2D eigenvalue weighted by molar-refractivity contribution is 7.11. The topological polar surface area (TPSA) is 70.5 Å². The van der Waals surface area contributed by atoms with E-state index in [2.05, 4.69) is 25.8 Å². The maximum Gasteiger partial charge on any atom is 0.303 e. The van der Waals surface area contributed by atoms with Gasteiger partial charge in [-0.3, -0.25) is 9.59 Å². The number of piperidine rings is 1. The SMILES string of the molecule is CC(C)(C)c1ncsc1C(=O)N1CCC(CC(=O)O)CC1. The Kier molecular flexibility index (Phi) is 4.66. The Balaban J connectivity index is 2.03. The quantitative estimate of drug-likeness (QED) is 0.932. The van der Waals surface area contributed by atoms with Crippen LogP contribution in [0.25, 0.3) is 0 Å². The lowest BCUT2D eigenvalue weighted by molar-refractivity contribution is -0.138. The van der Waals surface area contributed by atoms with Gasteiger partial charge < -0.3 is 10.0 Å². The molecule has 0 bridgehead atoms. The Hall–Kier alpha value is -1.43. The Morgan fingerprint density at radius 3 is 2.52 bits per heavy atom. The molecule has 116 valence electrons. The van der Waals surface area contributed by atoms with Crippen LogP contribution in [-0.4, -0.2) is 40.0 Å². The molecule has 0 aliphatic carbocycles. The van der Waals surface area contributed by atoms with Crippen LogP contribution in [0.3, 0.4) is 0 Å². The number of aliphatic carboxylic acids is 1. The van der Waals surface area contributed by atoms with Gasteiger partial charge in [0.05, 0.1) is 11.2 Å². The molecular formula is C15H22N2O3S. The van der Waals surface area contributed by atoms with Gasteiger partial charge >= 0.3 is 5.97 Å². The fraction of sp³-hybridized carbons (Fsp3) is 0.667. The summed E-state index contributed by atoms with van der Waals surface area (Å²) < 4.78 is 0. The largest absolute Gasteiger partial charge is 0.481 e. The second-order valence-electron chi connectivity index (χ2n) is 6.61. The molecule has 1 aliphatic heterocycles.